The highest BCUT2D eigenvalue weighted by Crippen LogP contribution is 2.22. The average Bonchev–Trinajstić information content (AvgIpc) is 2.84. The Kier molecular flexibility index (Phi) is 3.78. The fraction of sp³-hybridized carbons (Fsp3) is 0.667. The van der Waals surface area contributed by atoms with Crippen molar-refractivity contribution in [1.82, 2.24) is 5.32 Å². The lowest BCUT2D eigenvalue weighted by atomic mass is 10.2. The molecule has 2 atom stereocenters. The number of ether oxygens (including phenoxy) is 1. The Morgan fingerprint density at radius 3 is 3.07 bits per heavy atom. The highest BCUT2D eigenvalue weighted by atomic mass is 32.1. The van der Waals surface area contributed by atoms with E-state index in [1.807, 2.05) is 11.3 Å². The van der Waals surface area contributed by atoms with Crippen molar-refractivity contribution < 1.29 is 4.74 Å². The molecule has 0 amide bonds. The third-order valence-electron chi connectivity index (χ3n) is 2.86. The molecule has 15 heavy (non-hydrogen) atoms. The fourth-order valence-electron chi connectivity index (χ4n) is 1.90. The van der Waals surface area contributed by atoms with E-state index in [0.29, 0.717) is 12.1 Å². The van der Waals surface area contributed by atoms with Gasteiger partial charge in [-0.15, -0.1) is 11.3 Å². The molecule has 2 unspecified atom stereocenters. The molecular weight excluding hydrogens is 206 g/mol. The Labute approximate surface area is 95.6 Å². The Balaban J connectivity index is 1.79. The van der Waals surface area contributed by atoms with Crippen LogP contribution in [0.3, 0.4) is 0 Å². The minimum absolute atomic E-state index is 0.438. The smallest absolute Gasteiger partial charge is 0.0700 e. The first-order valence-electron chi connectivity index (χ1n) is 5.67. The van der Waals surface area contributed by atoms with Gasteiger partial charge in [0.1, 0.15) is 0 Å². The summed E-state index contributed by atoms with van der Waals surface area (Å²) in [4.78, 5) is 2.81. The SMILES string of the molecule is Cc1ccc(C(C)NCC2CCCO2)s1. The third-order valence-corrected chi connectivity index (χ3v) is 4.05. The van der Waals surface area contributed by atoms with Crippen LogP contribution in [0.4, 0.5) is 0 Å². The van der Waals surface area contributed by atoms with Crippen molar-refractivity contribution in [2.75, 3.05) is 13.2 Å². The van der Waals surface area contributed by atoms with E-state index in [9.17, 15) is 0 Å². The molecule has 1 saturated heterocycles. The van der Waals surface area contributed by atoms with Crippen molar-refractivity contribution in [3.63, 3.8) is 0 Å². The molecule has 1 N–H and O–H groups in total. The monoisotopic (exact) mass is 225 g/mol. The minimum Gasteiger partial charge on any atom is -0.377 e. The van der Waals surface area contributed by atoms with Gasteiger partial charge in [-0.25, -0.2) is 0 Å². The van der Waals surface area contributed by atoms with E-state index in [4.69, 9.17) is 4.74 Å². The number of hydrogen-bond acceptors (Lipinski definition) is 3. The van der Waals surface area contributed by atoms with Crippen LogP contribution in [0.25, 0.3) is 0 Å². The van der Waals surface area contributed by atoms with Crippen molar-refractivity contribution in [2.45, 2.75) is 38.8 Å². The molecule has 1 fully saturated rings. The molecule has 3 heteroatoms. The molecule has 0 spiro atoms. The Bertz CT molecular complexity index is 304. The van der Waals surface area contributed by atoms with Gasteiger partial charge in [-0.3, -0.25) is 0 Å². The van der Waals surface area contributed by atoms with Gasteiger partial charge >= 0.3 is 0 Å². The van der Waals surface area contributed by atoms with Crippen LogP contribution in [-0.4, -0.2) is 19.3 Å². The van der Waals surface area contributed by atoms with E-state index in [0.717, 1.165) is 13.2 Å². The molecule has 1 aliphatic rings. The first kappa shape index (κ1) is 11.1. The molecule has 2 rings (SSSR count). The maximum atomic E-state index is 5.59. The standard InChI is InChI=1S/C12H19NOS/c1-9-5-6-12(15-9)10(2)13-8-11-4-3-7-14-11/h5-6,10-11,13H,3-4,7-8H2,1-2H3. The van der Waals surface area contributed by atoms with E-state index >= 15 is 0 Å². The molecule has 2 nitrogen and oxygen atoms in total. The van der Waals surface area contributed by atoms with Gasteiger partial charge < -0.3 is 10.1 Å². The van der Waals surface area contributed by atoms with E-state index in [1.54, 1.807) is 0 Å². The van der Waals surface area contributed by atoms with Gasteiger partial charge in [-0.2, -0.15) is 0 Å². The van der Waals surface area contributed by atoms with E-state index in [1.165, 1.54) is 22.6 Å². The summed E-state index contributed by atoms with van der Waals surface area (Å²) in [5.41, 5.74) is 0. The largest absolute Gasteiger partial charge is 0.377 e. The predicted octanol–water partition coefficient (Wildman–Crippen LogP) is 2.89. The zero-order valence-corrected chi connectivity index (χ0v) is 10.3. The Morgan fingerprint density at radius 2 is 2.47 bits per heavy atom. The first-order valence-corrected chi connectivity index (χ1v) is 6.48. The van der Waals surface area contributed by atoms with Crippen LogP contribution >= 0.6 is 11.3 Å². The van der Waals surface area contributed by atoms with Crippen molar-refractivity contribution in [2.24, 2.45) is 0 Å². The summed E-state index contributed by atoms with van der Waals surface area (Å²) in [6.45, 7) is 6.30. The van der Waals surface area contributed by atoms with Crippen molar-refractivity contribution in [1.29, 1.82) is 0 Å². The van der Waals surface area contributed by atoms with Gasteiger partial charge in [0, 0.05) is 28.9 Å². The lowest BCUT2D eigenvalue weighted by molar-refractivity contribution is 0.108. The van der Waals surface area contributed by atoms with Crippen LogP contribution in [0.2, 0.25) is 0 Å². The van der Waals surface area contributed by atoms with Crippen molar-refractivity contribution in [3.05, 3.63) is 21.9 Å². The second kappa shape index (κ2) is 5.10. The number of hydrogen-bond donors (Lipinski definition) is 1. The van der Waals surface area contributed by atoms with E-state index in [-0.39, 0.29) is 0 Å². The lowest BCUT2D eigenvalue weighted by Gasteiger charge is -2.15. The number of nitrogens with one attached hydrogen (secondary N) is 1. The van der Waals surface area contributed by atoms with Crippen LogP contribution in [0, 0.1) is 6.92 Å². The molecule has 2 heterocycles. The summed E-state index contributed by atoms with van der Waals surface area (Å²) in [6, 6.07) is 4.85. The first-order chi connectivity index (χ1) is 7.25. The van der Waals surface area contributed by atoms with Crippen LogP contribution in [0.1, 0.15) is 35.6 Å². The van der Waals surface area contributed by atoms with Crippen molar-refractivity contribution in [3.8, 4) is 0 Å². The fourth-order valence-corrected chi connectivity index (χ4v) is 2.80. The van der Waals surface area contributed by atoms with Gasteiger partial charge in [-0.05, 0) is 38.8 Å². The molecular formula is C12H19NOS. The maximum absolute atomic E-state index is 5.59. The summed E-state index contributed by atoms with van der Waals surface area (Å²) < 4.78 is 5.59. The topological polar surface area (TPSA) is 21.3 Å². The molecule has 1 aromatic heterocycles. The summed E-state index contributed by atoms with van der Waals surface area (Å²) in [7, 11) is 0. The van der Waals surface area contributed by atoms with Crippen LogP contribution < -0.4 is 5.32 Å². The molecule has 0 aromatic carbocycles. The highest BCUT2D eigenvalue weighted by molar-refractivity contribution is 7.12. The molecule has 0 aliphatic carbocycles. The average molecular weight is 225 g/mol. The Morgan fingerprint density at radius 1 is 1.60 bits per heavy atom. The number of rotatable bonds is 4. The molecule has 84 valence electrons. The van der Waals surface area contributed by atoms with Crippen LogP contribution in [0.15, 0.2) is 12.1 Å². The van der Waals surface area contributed by atoms with Crippen LogP contribution in [-0.2, 0) is 4.74 Å². The molecule has 1 aromatic rings. The Hall–Kier alpha value is -0.380. The van der Waals surface area contributed by atoms with Crippen molar-refractivity contribution >= 4 is 11.3 Å². The second-order valence-electron chi connectivity index (χ2n) is 4.21. The van der Waals surface area contributed by atoms with E-state index < -0.39 is 0 Å². The molecule has 1 aliphatic heterocycles. The van der Waals surface area contributed by atoms with Gasteiger partial charge in [0.15, 0.2) is 0 Å². The summed E-state index contributed by atoms with van der Waals surface area (Å²) in [5.74, 6) is 0. The maximum Gasteiger partial charge on any atom is 0.0700 e. The van der Waals surface area contributed by atoms with Gasteiger partial charge in [0.05, 0.1) is 6.10 Å². The number of aryl methyl sites for hydroxylation is 1. The number of thiophene rings is 1. The normalized spacial score (nSPS) is 23.2. The summed E-state index contributed by atoms with van der Waals surface area (Å²) in [6.07, 6.45) is 2.87. The van der Waals surface area contributed by atoms with Crippen LogP contribution in [0.5, 0.6) is 0 Å². The zero-order chi connectivity index (χ0) is 10.7. The molecule has 0 saturated carbocycles. The summed E-state index contributed by atoms with van der Waals surface area (Å²) in [5, 5.41) is 3.54. The van der Waals surface area contributed by atoms with E-state index in [2.05, 4.69) is 31.3 Å². The van der Waals surface area contributed by atoms with Gasteiger partial charge in [-0.1, -0.05) is 0 Å². The van der Waals surface area contributed by atoms with Gasteiger partial charge in [0.25, 0.3) is 0 Å². The molecule has 0 radical (unpaired) electrons. The zero-order valence-electron chi connectivity index (χ0n) is 9.45. The summed E-state index contributed by atoms with van der Waals surface area (Å²) >= 11 is 1.88. The predicted molar refractivity (Wildman–Crippen MR) is 64.4 cm³/mol. The lowest BCUT2D eigenvalue weighted by Crippen LogP contribution is -2.28. The quantitative estimate of drug-likeness (QED) is 0.850. The van der Waals surface area contributed by atoms with Gasteiger partial charge in [0.2, 0.25) is 0 Å². The highest BCUT2D eigenvalue weighted by Gasteiger charge is 2.16. The second-order valence-corrected chi connectivity index (χ2v) is 5.53. The molecule has 0 bridgehead atoms. The third kappa shape index (κ3) is 3.03. The minimum atomic E-state index is 0.438.